The highest BCUT2D eigenvalue weighted by Crippen LogP contribution is 2.18. The predicted octanol–water partition coefficient (Wildman–Crippen LogP) is 2.19. The van der Waals surface area contributed by atoms with Crippen molar-refractivity contribution < 1.29 is 14.4 Å². The molecular weight excluding hydrogens is 398 g/mol. The molecule has 31 heavy (non-hydrogen) atoms. The Morgan fingerprint density at radius 1 is 1.16 bits per heavy atom. The van der Waals surface area contributed by atoms with Gasteiger partial charge in [0.15, 0.2) is 12.3 Å². The first kappa shape index (κ1) is 22.0. The molecule has 0 atom stereocenters. The lowest BCUT2D eigenvalue weighted by atomic mass is 9.93. The van der Waals surface area contributed by atoms with Crippen molar-refractivity contribution in [3.63, 3.8) is 0 Å². The van der Waals surface area contributed by atoms with Gasteiger partial charge in [-0.05, 0) is 36.4 Å². The van der Waals surface area contributed by atoms with Crippen LogP contribution in [0.1, 0.15) is 30.9 Å². The number of methoxy groups -OCH3 is 1. The van der Waals surface area contributed by atoms with Gasteiger partial charge in [-0.3, -0.25) is 4.79 Å². The third kappa shape index (κ3) is 5.70. The highest BCUT2D eigenvalue weighted by atomic mass is 16.6. The Morgan fingerprint density at radius 2 is 1.94 bits per heavy atom. The van der Waals surface area contributed by atoms with E-state index in [0.29, 0.717) is 29.7 Å². The number of hydrogen-bond donors (Lipinski definition) is 1. The van der Waals surface area contributed by atoms with Crippen molar-refractivity contribution in [1.29, 1.82) is 0 Å². The molecular formula is C21H25N7O3. The summed E-state index contributed by atoms with van der Waals surface area (Å²) in [5.74, 6) is 0.722. The molecule has 1 aromatic carbocycles. The van der Waals surface area contributed by atoms with Crippen LogP contribution in [0.15, 0.2) is 53.7 Å². The molecule has 3 aromatic rings. The number of nitrogens with one attached hydrogen (secondary N) is 1. The highest BCUT2D eigenvalue weighted by Gasteiger charge is 2.27. The first-order valence-corrected chi connectivity index (χ1v) is 9.65. The van der Waals surface area contributed by atoms with Crippen LogP contribution in [0.3, 0.4) is 0 Å². The summed E-state index contributed by atoms with van der Waals surface area (Å²) in [6.07, 6.45) is 0. The zero-order valence-corrected chi connectivity index (χ0v) is 17.9. The number of aryl methyl sites for hydroxylation is 1. The van der Waals surface area contributed by atoms with Crippen molar-refractivity contribution in [2.75, 3.05) is 19.0 Å². The SMILES string of the molecule is COCC(C)(C)C(=O)Nc1cccc(CON=C(c2ccccc2)c2nnnn2C)n1. The van der Waals surface area contributed by atoms with E-state index in [2.05, 4.69) is 31.0 Å². The molecule has 162 valence electrons. The zero-order chi connectivity index (χ0) is 22.3. The summed E-state index contributed by atoms with van der Waals surface area (Å²) >= 11 is 0. The smallest absolute Gasteiger partial charge is 0.233 e. The van der Waals surface area contributed by atoms with Crippen LogP contribution < -0.4 is 5.32 Å². The predicted molar refractivity (Wildman–Crippen MR) is 114 cm³/mol. The molecule has 10 nitrogen and oxygen atoms in total. The Bertz CT molecular complexity index is 1050. The van der Waals surface area contributed by atoms with Gasteiger partial charge in [-0.15, -0.1) is 5.10 Å². The molecule has 1 N–H and O–H groups in total. The quantitative estimate of drug-likeness (QED) is 0.414. The van der Waals surface area contributed by atoms with Gasteiger partial charge in [0.1, 0.15) is 5.82 Å². The molecule has 0 aliphatic carbocycles. The second-order valence-electron chi connectivity index (χ2n) is 7.49. The number of benzene rings is 1. The van der Waals surface area contributed by atoms with E-state index in [4.69, 9.17) is 9.57 Å². The number of aromatic nitrogens is 5. The molecule has 2 aromatic heterocycles. The summed E-state index contributed by atoms with van der Waals surface area (Å²) < 4.78 is 6.63. The molecule has 2 heterocycles. The van der Waals surface area contributed by atoms with Gasteiger partial charge in [-0.1, -0.05) is 41.6 Å². The highest BCUT2D eigenvalue weighted by molar-refractivity contribution is 6.10. The molecule has 0 saturated heterocycles. The summed E-state index contributed by atoms with van der Waals surface area (Å²) in [5.41, 5.74) is 1.24. The van der Waals surface area contributed by atoms with Gasteiger partial charge in [0, 0.05) is 19.7 Å². The zero-order valence-electron chi connectivity index (χ0n) is 17.9. The first-order chi connectivity index (χ1) is 14.9. The molecule has 0 fully saturated rings. The number of anilines is 1. The summed E-state index contributed by atoms with van der Waals surface area (Å²) in [6.45, 7) is 4.02. The van der Waals surface area contributed by atoms with Crippen molar-refractivity contribution in [3.8, 4) is 0 Å². The molecule has 0 spiro atoms. The van der Waals surface area contributed by atoms with Crippen molar-refractivity contribution in [2.24, 2.45) is 17.6 Å². The number of ether oxygens (including phenoxy) is 1. The molecule has 0 radical (unpaired) electrons. The first-order valence-electron chi connectivity index (χ1n) is 9.65. The maximum atomic E-state index is 12.5. The van der Waals surface area contributed by atoms with Gasteiger partial charge >= 0.3 is 0 Å². The molecule has 0 bridgehead atoms. The fourth-order valence-corrected chi connectivity index (χ4v) is 2.75. The molecule has 1 amide bonds. The Hall–Kier alpha value is -3.66. The fourth-order valence-electron chi connectivity index (χ4n) is 2.75. The number of amides is 1. The fraction of sp³-hybridized carbons (Fsp3) is 0.333. The number of carbonyl (C=O) groups is 1. The number of hydrogen-bond acceptors (Lipinski definition) is 8. The minimum absolute atomic E-state index is 0.104. The van der Waals surface area contributed by atoms with E-state index in [1.807, 2.05) is 30.3 Å². The molecule has 0 aliphatic heterocycles. The van der Waals surface area contributed by atoms with Crippen LogP contribution in [0.4, 0.5) is 5.82 Å². The van der Waals surface area contributed by atoms with E-state index in [1.165, 1.54) is 4.68 Å². The summed E-state index contributed by atoms with van der Waals surface area (Å²) in [7, 11) is 3.29. The lowest BCUT2D eigenvalue weighted by Crippen LogP contribution is -2.34. The normalized spacial score (nSPS) is 11.9. The van der Waals surface area contributed by atoms with Gasteiger partial charge in [0.05, 0.1) is 17.7 Å². The third-order valence-electron chi connectivity index (χ3n) is 4.42. The largest absolute Gasteiger partial charge is 0.389 e. The van der Waals surface area contributed by atoms with Crippen LogP contribution >= 0.6 is 0 Å². The van der Waals surface area contributed by atoms with Crippen LogP contribution in [0, 0.1) is 5.41 Å². The average Bonchev–Trinajstić information content (AvgIpc) is 3.17. The number of rotatable bonds is 9. The maximum absolute atomic E-state index is 12.5. The van der Waals surface area contributed by atoms with Crippen LogP contribution in [0.5, 0.6) is 0 Å². The van der Waals surface area contributed by atoms with Gasteiger partial charge in [0.25, 0.3) is 0 Å². The van der Waals surface area contributed by atoms with Gasteiger partial charge in [-0.2, -0.15) is 0 Å². The Balaban J connectivity index is 1.73. The van der Waals surface area contributed by atoms with Crippen molar-refractivity contribution >= 4 is 17.4 Å². The Labute approximate surface area is 180 Å². The van der Waals surface area contributed by atoms with Crippen LogP contribution in [0.2, 0.25) is 0 Å². The number of nitrogens with zero attached hydrogens (tertiary/aromatic N) is 6. The van der Waals surface area contributed by atoms with Crippen LogP contribution in [-0.2, 0) is 28.0 Å². The van der Waals surface area contributed by atoms with Crippen molar-refractivity contribution in [2.45, 2.75) is 20.5 Å². The lowest BCUT2D eigenvalue weighted by Gasteiger charge is -2.22. The van der Waals surface area contributed by atoms with Crippen LogP contribution in [0.25, 0.3) is 0 Å². The minimum atomic E-state index is -0.679. The second kappa shape index (κ2) is 9.90. The van der Waals surface area contributed by atoms with Crippen molar-refractivity contribution in [1.82, 2.24) is 25.2 Å². The van der Waals surface area contributed by atoms with Gasteiger partial charge in [-0.25, -0.2) is 9.67 Å². The van der Waals surface area contributed by atoms with Gasteiger partial charge < -0.3 is 14.9 Å². The summed E-state index contributed by atoms with van der Waals surface area (Å²) in [5, 5.41) is 18.6. The van der Waals surface area contributed by atoms with Gasteiger partial charge in [0.2, 0.25) is 11.7 Å². The lowest BCUT2D eigenvalue weighted by molar-refractivity contribution is -0.126. The molecule has 10 heteroatoms. The van der Waals surface area contributed by atoms with E-state index in [0.717, 1.165) is 5.56 Å². The number of carbonyl (C=O) groups excluding carboxylic acids is 1. The maximum Gasteiger partial charge on any atom is 0.233 e. The number of tetrazole rings is 1. The van der Waals surface area contributed by atoms with E-state index in [9.17, 15) is 4.79 Å². The van der Waals surface area contributed by atoms with Crippen LogP contribution in [-0.4, -0.2) is 50.5 Å². The number of pyridine rings is 1. The van der Waals surface area contributed by atoms with E-state index < -0.39 is 5.41 Å². The second-order valence-corrected chi connectivity index (χ2v) is 7.49. The molecule has 3 rings (SSSR count). The van der Waals surface area contributed by atoms with E-state index in [-0.39, 0.29) is 12.5 Å². The third-order valence-corrected chi connectivity index (χ3v) is 4.42. The summed E-state index contributed by atoms with van der Waals surface area (Å²) in [4.78, 5) is 22.4. The topological polar surface area (TPSA) is 116 Å². The van der Waals surface area contributed by atoms with E-state index in [1.54, 1.807) is 46.2 Å². The van der Waals surface area contributed by atoms with E-state index >= 15 is 0 Å². The standard InChI is InChI=1S/C21H25N7O3/c1-21(2,14-30-4)20(29)23-17-12-8-11-16(22-17)13-31-25-18(15-9-6-5-7-10-15)19-24-26-27-28(19)3/h5-12H,13-14H2,1-4H3,(H,22,23,29). The Morgan fingerprint density at radius 3 is 2.61 bits per heavy atom. The summed E-state index contributed by atoms with van der Waals surface area (Å²) in [6, 6.07) is 14.8. The number of oxime groups is 1. The molecule has 0 aliphatic rings. The van der Waals surface area contributed by atoms with Crippen molar-refractivity contribution in [3.05, 3.63) is 65.6 Å². The minimum Gasteiger partial charge on any atom is -0.389 e. The molecule has 0 saturated carbocycles. The Kier molecular flexibility index (Phi) is 7.03. The monoisotopic (exact) mass is 423 g/mol. The average molecular weight is 423 g/mol. The molecule has 0 unspecified atom stereocenters.